The molecular formula is C20H21FN4O4. The summed E-state index contributed by atoms with van der Waals surface area (Å²) in [5, 5.41) is 11.1. The van der Waals surface area contributed by atoms with Gasteiger partial charge in [0.05, 0.1) is 5.39 Å². The highest BCUT2D eigenvalue weighted by molar-refractivity contribution is 5.86. The largest absolute Gasteiger partial charge is 0.386 e. The van der Waals surface area contributed by atoms with E-state index in [2.05, 4.69) is 9.97 Å². The highest BCUT2D eigenvalue weighted by Gasteiger charge is 2.58. The zero-order valence-electron chi connectivity index (χ0n) is 15.9. The molecule has 5 rings (SSSR count). The molecule has 0 bridgehead atoms. The van der Waals surface area contributed by atoms with Gasteiger partial charge in [0.2, 0.25) is 0 Å². The number of aromatic nitrogens is 3. The van der Waals surface area contributed by atoms with Crippen molar-refractivity contribution in [3.8, 4) is 0 Å². The topological polar surface area (TPSA) is 105 Å². The molecule has 8 nitrogen and oxygen atoms in total. The number of nitrogens with two attached hydrogens (primary N) is 1. The van der Waals surface area contributed by atoms with Crippen LogP contribution in [0.5, 0.6) is 0 Å². The average molecular weight is 400 g/mol. The van der Waals surface area contributed by atoms with Crippen molar-refractivity contribution >= 4 is 16.9 Å². The molecule has 0 unspecified atom stereocenters. The fourth-order valence-corrected chi connectivity index (χ4v) is 4.18. The SMILES string of the molecule is CC1(C)O[C@H]2[C@@H](O1)[C@H](n1cc(F)c3c(N)ncnc31)O[C@@H]2[C@H](O)c1ccccc1. The molecule has 0 amide bonds. The predicted molar refractivity (Wildman–Crippen MR) is 101 cm³/mol. The van der Waals surface area contributed by atoms with Gasteiger partial charge < -0.3 is 29.6 Å². The maximum absolute atomic E-state index is 14.6. The fraction of sp³-hybridized carbons (Fsp3) is 0.400. The summed E-state index contributed by atoms with van der Waals surface area (Å²) >= 11 is 0. The number of halogens is 1. The monoisotopic (exact) mass is 400 g/mol. The van der Waals surface area contributed by atoms with E-state index in [4.69, 9.17) is 19.9 Å². The summed E-state index contributed by atoms with van der Waals surface area (Å²) < 4.78 is 34.4. The lowest BCUT2D eigenvalue weighted by Crippen LogP contribution is -2.34. The van der Waals surface area contributed by atoms with Gasteiger partial charge in [-0.2, -0.15) is 0 Å². The summed E-state index contributed by atoms with van der Waals surface area (Å²) in [6, 6.07) is 9.18. The van der Waals surface area contributed by atoms with Gasteiger partial charge in [0.1, 0.15) is 36.6 Å². The van der Waals surface area contributed by atoms with E-state index in [1.807, 2.05) is 30.3 Å². The van der Waals surface area contributed by atoms with Gasteiger partial charge in [-0.15, -0.1) is 0 Å². The van der Waals surface area contributed by atoms with Crippen LogP contribution in [-0.2, 0) is 14.2 Å². The van der Waals surface area contributed by atoms with Gasteiger partial charge >= 0.3 is 0 Å². The first kappa shape index (κ1) is 18.4. The second-order valence-electron chi connectivity index (χ2n) is 7.75. The number of anilines is 1. The lowest BCUT2D eigenvalue weighted by Gasteiger charge is -2.27. The van der Waals surface area contributed by atoms with E-state index in [1.165, 1.54) is 17.1 Å². The number of hydrogen-bond acceptors (Lipinski definition) is 7. The molecule has 4 heterocycles. The highest BCUT2D eigenvalue weighted by Crippen LogP contribution is 2.47. The molecule has 0 aliphatic carbocycles. The number of nitrogens with zero attached hydrogens (tertiary/aromatic N) is 3. The molecule has 3 N–H and O–H groups in total. The van der Waals surface area contributed by atoms with E-state index in [9.17, 15) is 9.50 Å². The number of benzene rings is 1. The number of rotatable bonds is 3. The molecule has 29 heavy (non-hydrogen) atoms. The van der Waals surface area contributed by atoms with Gasteiger partial charge in [0.25, 0.3) is 0 Å². The Kier molecular flexibility index (Phi) is 4.11. The summed E-state index contributed by atoms with van der Waals surface area (Å²) in [6.45, 7) is 3.59. The zero-order chi connectivity index (χ0) is 20.3. The lowest BCUT2D eigenvalue weighted by atomic mass is 9.99. The van der Waals surface area contributed by atoms with E-state index in [1.54, 1.807) is 13.8 Å². The van der Waals surface area contributed by atoms with Crippen molar-refractivity contribution < 1.29 is 23.7 Å². The van der Waals surface area contributed by atoms with E-state index in [0.717, 1.165) is 0 Å². The van der Waals surface area contributed by atoms with Crippen LogP contribution in [0.25, 0.3) is 11.0 Å². The Morgan fingerprint density at radius 2 is 1.90 bits per heavy atom. The Morgan fingerprint density at radius 1 is 1.17 bits per heavy atom. The minimum atomic E-state index is -0.947. The van der Waals surface area contributed by atoms with Crippen molar-refractivity contribution in [3.05, 3.63) is 54.2 Å². The second-order valence-corrected chi connectivity index (χ2v) is 7.75. The molecule has 0 spiro atoms. The van der Waals surface area contributed by atoms with Gasteiger partial charge in [0.15, 0.2) is 23.5 Å². The van der Waals surface area contributed by atoms with Crippen molar-refractivity contribution in [3.63, 3.8) is 0 Å². The van der Waals surface area contributed by atoms with Crippen molar-refractivity contribution in [1.29, 1.82) is 0 Å². The molecular weight excluding hydrogens is 379 g/mol. The first-order chi connectivity index (χ1) is 13.9. The van der Waals surface area contributed by atoms with Crippen LogP contribution >= 0.6 is 0 Å². The van der Waals surface area contributed by atoms with Gasteiger partial charge in [-0.3, -0.25) is 0 Å². The Balaban J connectivity index is 1.57. The van der Waals surface area contributed by atoms with Crippen LogP contribution < -0.4 is 5.73 Å². The number of ether oxygens (including phenoxy) is 3. The first-order valence-electron chi connectivity index (χ1n) is 9.36. The number of fused-ring (bicyclic) bond motifs is 2. The van der Waals surface area contributed by atoms with Gasteiger partial charge in [-0.05, 0) is 19.4 Å². The van der Waals surface area contributed by atoms with Gasteiger partial charge in [-0.25, -0.2) is 14.4 Å². The third kappa shape index (κ3) is 2.89. The van der Waals surface area contributed by atoms with Crippen LogP contribution in [0.2, 0.25) is 0 Å². The van der Waals surface area contributed by atoms with Gasteiger partial charge in [0, 0.05) is 6.20 Å². The van der Waals surface area contributed by atoms with Crippen LogP contribution in [0.4, 0.5) is 10.2 Å². The van der Waals surface area contributed by atoms with Crippen molar-refractivity contribution in [1.82, 2.24) is 14.5 Å². The van der Waals surface area contributed by atoms with Crippen molar-refractivity contribution in [2.24, 2.45) is 0 Å². The minimum absolute atomic E-state index is 0.0468. The average Bonchev–Trinajstić information content (AvgIpc) is 3.31. The maximum Gasteiger partial charge on any atom is 0.165 e. The summed E-state index contributed by atoms with van der Waals surface area (Å²) in [7, 11) is 0. The van der Waals surface area contributed by atoms with Crippen LogP contribution in [-0.4, -0.2) is 43.7 Å². The Hall–Kier alpha value is -2.59. The van der Waals surface area contributed by atoms with E-state index in [-0.39, 0.29) is 11.2 Å². The van der Waals surface area contributed by atoms with Crippen molar-refractivity contribution in [2.45, 2.75) is 50.3 Å². The molecule has 2 fully saturated rings. The Bertz CT molecular complexity index is 1060. The third-order valence-corrected chi connectivity index (χ3v) is 5.38. The fourth-order valence-electron chi connectivity index (χ4n) is 4.18. The van der Waals surface area contributed by atoms with E-state index < -0.39 is 42.2 Å². The standard InChI is InChI=1S/C20H21FN4O4/c1-20(2)28-15-14(13(26)10-6-4-3-5-7-10)27-19(16(15)29-20)25-8-11(21)12-17(22)23-9-24-18(12)25/h3-9,13-16,19,26H,1-2H3,(H2,22,23,24)/t13-,14-,15-,16-,19-/m1/s1. The summed E-state index contributed by atoms with van der Waals surface area (Å²) in [6.07, 6.45) is -1.00. The van der Waals surface area contributed by atoms with Crippen LogP contribution in [0.3, 0.4) is 0 Å². The number of aliphatic hydroxyl groups excluding tert-OH is 1. The van der Waals surface area contributed by atoms with E-state index in [0.29, 0.717) is 11.2 Å². The molecule has 1 aromatic carbocycles. The van der Waals surface area contributed by atoms with E-state index >= 15 is 0 Å². The smallest absolute Gasteiger partial charge is 0.165 e. The molecule has 9 heteroatoms. The number of hydrogen-bond donors (Lipinski definition) is 2. The third-order valence-electron chi connectivity index (χ3n) is 5.38. The molecule has 5 atom stereocenters. The minimum Gasteiger partial charge on any atom is -0.386 e. The number of aliphatic hydroxyl groups is 1. The molecule has 3 aromatic rings. The summed E-state index contributed by atoms with van der Waals surface area (Å²) in [4.78, 5) is 8.04. The molecule has 2 aromatic heterocycles. The Labute approximate surface area is 166 Å². The summed E-state index contributed by atoms with van der Waals surface area (Å²) in [5.74, 6) is -1.38. The first-order valence-corrected chi connectivity index (χ1v) is 9.36. The highest BCUT2D eigenvalue weighted by atomic mass is 19.1. The molecule has 0 saturated carbocycles. The molecule has 0 radical (unpaired) electrons. The summed E-state index contributed by atoms with van der Waals surface area (Å²) in [5.41, 5.74) is 6.82. The lowest BCUT2D eigenvalue weighted by molar-refractivity contribution is -0.207. The van der Waals surface area contributed by atoms with Crippen LogP contribution in [0, 0.1) is 5.82 Å². The second kappa shape index (κ2) is 6.46. The normalized spacial score (nSPS) is 29.2. The van der Waals surface area contributed by atoms with Crippen LogP contribution in [0.1, 0.15) is 31.7 Å². The van der Waals surface area contributed by atoms with Crippen molar-refractivity contribution in [2.75, 3.05) is 5.73 Å². The van der Waals surface area contributed by atoms with Crippen LogP contribution in [0.15, 0.2) is 42.9 Å². The quantitative estimate of drug-likeness (QED) is 0.695. The molecule has 2 aliphatic heterocycles. The van der Waals surface area contributed by atoms with Gasteiger partial charge in [-0.1, -0.05) is 30.3 Å². The predicted octanol–water partition coefficient (Wildman–Crippen LogP) is 2.30. The molecule has 2 aliphatic rings. The maximum atomic E-state index is 14.6. The molecule has 152 valence electrons. The Morgan fingerprint density at radius 3 is 2.66 bits per heavy atom. The molecule has 2 saturated heterocycles. The zero-order valence-corrected chi connectivity index (χ0v) is 15.9. The number of nitrogen functional groups attached to an aromatic ring is 1.